The van der Waals surface area contributed by atoms with E-state index in [0.29, 0.717) is 18.2 Å². The van der Waals surface area contributed by atoms with Crippen molar-refractivity contribution in [3.8, 4) is 0 Å². The van der Waals surface area contributed by atoms with E-state index in [9.17, 15) is 0 Å². The Labute approximate surface area is 94.1 Å². The fraction of sp³-hybridized carbons (Fsp3) is 0.273. The zero-order chi connectivity index (χ0) is 11.5. The summed E-state index contributed by atoms with van der Waals surface area (Å²) in [6.07, 6.45) is 0. The number of nitrogen functional groups attached to an aromatic ring is 1. The summed E-state index contributed by atoms with van der Waals surface area (Å²) in [5, 5.41) is 3.15. The van der Waals surface area contributed by atoms with Gasteiger partial charge in [0.05, 0.1) is 12.2 Å². The maximum atomic E-state index is 5.73. The number of H-pyrrole nitrogens is 1. The van der Waals surface area contributed by atoms with E-state index < -0.39 is 0 Å². The van der Waals surface area contributed by atoms with Crippen LogP contribution in [0.1, 0.15) is 17.2 Å². The maximum absolute atomic E-state index is 5.73. The molecule has 0 aliphatic rings. The molecule has 2 rings (SSSR count). The molecule has 2 aromatic heterocycles. The van der Waals surface area contributed by atoms with Gasteiger partial charge in [0.2, 0.25) is 0 Å². The molecule has 16 heavy (non-hydrogen) atoms. The predicted octanol–water partition coefficient (Wildman–Crippen LogP) is 1.62. The van der Waals surface area contributed by atoms with Crippen LogP contribution in [0, 0.1) is 13.8 Å². The van der Waals surface area contributed by atoms with Crippen molar-refractivity contribution < 1.29 is 0 Å². The van der Waals surface area contributed by atoms with Crippen LogP contribution in [0.3, 0.4) is 0 Å². The summed E-state index contributed by atoms with van der Waals surface area (Å²) in [5.74, 6) is 2.04. The van der Waals surface area contributed by atoms with Crippen molar-refractivity contribution in [2.75, 3.05) is 11.1 Å². The van der Waals surface area contributed by atoms with Gasteiger partial charge in [-0.1, -0.05) is 6.07 Å². The van der Waals surface area contributed by atoms with E-state index in [2.05, 4.69) is 20.3 Å². The number of imidazole rings is 1. The molecule has 0 amide bonds. The lowest BCUT2D eigenvalue weighted by atomic mass is 10.3. The minimum absolute atomic E-state index is 0.560. The van der Waals surface area contributed by atoms with E-state index in [1.165, 1.54) is 0 Å². The van der Waals surface area contributed by atoms with Crippen molar-refractivity contribution in [3.63, 3.8) is 0 Å². The highest BCUT2D eigenvalue weighted by Gasteiger charge is 2.04. The third-order valence-corrected chi connectivity index (χ3v) is 2.23. The molecule has 5 nitrogen and oxygen atoms in total. The van der Waals surface area contributed by atoms with Crippen LogP contribution in [0.15, 0.2) is 18.2 Å². The molecular formula is C11H15N5. The molecule has 4 N–H and O–H groups in total. The molecule has 0 radical (unpaired) electrons. The Balaban J connectivity index is 2.05. The molecule has 0 atom stereocenters. The first-order valence-electron chi connectivity index (χ1n) is 5.13. The second kappa shape index (κ2) is 4.22. The average molecular weight is 217 g/mol. The monoisotopic (exact) mass is 217 g/mol. The molecule has 2 heterocycles. The number of nitrogens with two attached hydrogens (primary N) is 1. The standard InChI is InChI=1S/C11H15N5/c1-7-4-3-5-9(14-7)6-13-11-10(12)15-8(2)16-11/h3-5,13H,6,12H2,1-2H3,(H,15,16). The summed E-state index contributed by atoms with van der Waals surface area (Å²) in [7, 11) is 0. The summed E-state index contributed by atoms with van der Waals surface area (Å²) < 4.78 is 0. The van der Waals surface area contributed by atoms with E-state index >= 15 is 0 Å². The number of pyridine rings is 1. The molecule has 84 valence electrons. The van der Waals surface area contributed by atoms with Crippen molar-refractivity contribution in [1.82, 2.24) is 15.0 Å². The second-order valence-electron chi connectivity index (χ2n) is 3.71. The molecule has 5 heteroatoms. The highest BCUT2D eigenvalue weighted by Crippen LogP contribution is 2.14. The van der Waals surface area contributed by atoms with E-state index in [1.54, 1.807) is 0 Å². The third kappa shape index (κ3) is 2.31. The van der Waals surface area contributed by atoms with Gasteiger partial charge >= 0.3 is 0 Å². The fourth-order valence-corrected chi connectivity index (χ4v) is 1.52. The zero-order valence-electron chi connectivity index (χ0n) is 9.41. The fourth-order valence-electron chi connectivity index (χ4n) is 1.52. The number of aryl methyl sites for hydroxylation is 2. The van der Waals surface area contributed by atoms with Crippen molar-refractivity contribution >= 4 is 11.6 Å². The molecule has 0 aliphatic heterocycles. The molecule has 0 aromatic carbocycles. The van der Waals surface area contributed by atoms with Gasteiger partial charge in [-0.05, 0) is 26.0 Å². The van der Waals surface area contributed by atoms with Crippen LogP contribution in [0.25, 0.3) is 0 Å². The Hall–Kier alpha value is -2.04. The first-order chi connectivity index (χ1) is 7.65. The normalized spacial score (nSPS) is 10.4. The van der Waals surface area contributed by atoms with Crippen molar-refractivity contribution in [1.29, 1.82) is 0 Å². The van der Waals surface area contributed by atoms with Crippen molar-refractivity contribution in [2.45, 2.75) is 20.4 Å². The van der Waals surface area contributed by atoms with Gasteiger partial charge in [0.25, 0.3) is 0 Å². The lowest BCUT2D eigenvalue weighted by molar-refractivity contribution is 1.01. The van der Waals surface area contributed by atoms with Crippen LogP contribution in [-0.4, -0.2) is 15.0 Å². The predicted molar refractivity (Wildman–Crippen MR) is 64.0 cm³/mol. The molecule has 0 fully saturated rings. The summed E-state index contributed by atoms with van der Waals surface area (Å²) in [4.78, 5) is 11.6. The Morgan fingerprint density at radius 2 is 2.12 bits per heavy atom. The first-order valence-corrected chi connectivity index (χ1v) is 5.13. The van der Waals surface area contributed by atoms with Gasteiger partial charge in [-0.25, -0.2) is 4.98 Å². The number of aromatic amines is 1. The number of anilines is 2. The number of hydrogen-bond donors (Lipinski definition) is 3. The molecule has 0 spiro atoms. The Morgan fingerprint density at radius 1 is 1.31 bits per heavy atom. The van der Waals surface area contributed by atoms with Gasteiger partial charge in [0.1, 0.15) is 11.6 Å². The quantitative estimate of drug-likeness (QED) is 0.729. The Bertz CT molecular complexity index is 489. The van der Waals surface area contributed by atoms with Gasteiger partial charge in [-0.15, -0.1) is 0 Å². The molecule has 0 unspecified atom stereocenters. The third-order valence-electron chi connectivity index (χ3n) is 2.23. The molecular weight excluding hydrogens is 202 g/mol. The lowest BCUT2D eigenvalue weighted by Gasteiger charge is -2.04. The number of nitrogens with one attached hydrogen (secondary N) is 2. The summed E-state index contributed by atoms with van der Waals surface area (Å²) >= 11 is 0. The van der Waals surface area contributed by atoms with Crippen molar-refractivity contribution in [3.05, 3.63) is 35.4 Å². The van der Waals surface area contributed by atoms with Crippen molar-refractivity contribution in [2.24, 2.45) is 0 Å². The summed E-state index contributed by atoms with van der Waals surface area (Å²) in [5.41, 5.74) is 7.71. The second-order valence-corrected chi connectivity index (χ2v) is 3.71. The number of hydrogen-bond acceptors (Lipinski definition) is 4. The maximum Gasteiger partial charge on any atom is 0.169 e. The number of aromatic nitrogens is 3. The Kier molecular flexibility index (Phi) is 2.76. The first kappa shape index (κ1) is 10.5. The van der Waals surface area contributed by atoms with Gasteiger partial charge < -0.3 is 16.0 Å². The van der Waals surface area contributed by atoms with E-state index in [1.807, 2.05) is 32.0 Å². The number of nitrogens with zero attached hydrogens (tertiary/aromatic N) is 2. The lowest BCUT2D eigenvalue weighted by Crippen LogP contribution is -2.04. The highest BCUT2D eigenvalue weighted by atomic mass is 15.1. The average Bonchev–Trinajstić information content (AvgIpc) is 2.54. The van der Waals surface area contributed by atoms with Crippen LogP contribution in [0.5, 0.6) is 0 Å². The van der Waals surface area contributed by atoms with Crippen LogP contribution in [0.2, 0.25) is 0 Å². The molecule has 0 aliphatic carbocycles. The largest absolute Gasteiger partial charge is 0.382 e. The summed E-state index contributed by atoms with van der Waals surface area (Å²) in [6.45, 7) is 4.46. The summed E-state index contributed by atoms with van der Waals surface area (Å²) in [6, 6.07) is 5.92. The van der Waals surface area contributed by atoms with Gasteiger partial charge in [-0.3, -0.25) is 4.98 Å². The van der Waals surface area contributed by atoms with E-state index in [4.69, 9.17) is 5.73 Å². The topological polar surface area (TPSA) is 79.6 Å². The minimum Gasteiger partial charge on any atom is -0.382 e. The van der Waals surface area contributed by atoms with Crippen LogP contribution in [-0.2, 0) is 6.54 Å². The molecule has 0 saturated carbocycles. The van der Waals surface area contributed by atoms with Gasteiger partial charge in [0, 0.05) is 5.69 Å². The van der Waals surface area contributed by atoms with Crippen LogP contribution < -0.4 is 11.1 Å². The SMILES string of the molecule is Cc1cccc(CNc2nc(C)[nH]c2N)n1. The van der Waals surface area contributed by atoms with E-state index in [-0.39, 0.29) is 0 Å². The smallest absolute Gasteiger partial charge is 0.169 e. The van der Waals surface area contributed by atoms with Crippen LogP contribution in [0.4, 0.5) is 11.6 Å². The van der Waals surface area contributed by atoms with Crippen LogP contribution >= 0.6 is 0 Å². The highest BCUT2D eigenvalue weighted by molar-refractivity contribution is 5.56. The van der Waals surface area contributed by atoms with E-state index in [0.717, 1.165) is 17.2 Å². The zero-order valence-corrected chi connectivity index (χ0v) is 9.41. The molecule has 0 bridgehead atoms. The minimum atomic E-state index is 0.560. The molecule has 0 saturated heterocycles. The molecule has 2 aromatic rings. The van der Waals surface area contributed by atoms with Gasteiger partial charge in [-0.2, -0.15) is 0 Å². The Morgan fingerprint density at radius 3 is 2.75 bits per heavy atom. The van der Waals surface area contributed by atoms with Gasteiger partial charge in [0.15, 0.2) is 5.82 Å². The number of rotatable bonds is 3.